The van der Waals surface area contributed by atoms with Crippen LogP contribution in [0.4, 0.5) is 0 Å². The number of hydrogen-bond donors (Lipinski definition) is 1. The molecule has 0 aliphatic heterocycles. The minimum absolute atomic E-state index is 0.113. The largest absolute Gasteiger partial charge is 0.345 e. The van der Waals surface area contributed by atoms with Gasteiger partial charge in [0.2, 0.25) is 0 Å². The van der Waals surface area contributed by atoms with Crippen LogP contribution in [0.3, 0.4) is 0 Å². The Bertz CT molecular complexity index is 360. The molecule has 1 amide bonds. The molecule has 1 unspecified atom stereocenters. The monoisotopic (exact) mass is 246 g/mol. The van der Waals surface area contributed by atoms with E-state index in [2.05, 4.69) is 10.3 Å². The summed E-state index contributed by atoms with van der Waals surface area (Å²) in [7, 11) is 0. The molecule has 1 aromatic rings. The summed E-state index contributed by atoms with van der Waals surface area (Å²) < 4.78 is 0. The minimum atomic E-state index is -0.420. The van der Waals surface area contributed by atoms with Crippen molar-refractivity contribution in [2.45, 2.75) is 38.6 Å². The minimum Gasteiger partial charge on any atom is -0.345 e. The highest BCUT2D eigenvalue weighted by atomic mass is 35.5. The normalized spacial score (nSPS) is 13.7. The van der Waals surface area contributed by atoms with Crippen molar-refractivity contribution in [2.24, 2.45) is 0 Å². The molecule has 1 N–H and O–H groups in total. The Morgan fingerprint density at radius 2 is 2.27 bits per heavy atom. The maximum absolute atomic E-state index is 11.8. The average Bonchev–Trinajstić information content (AvgIpc) is 2.50. The summed E-state index contributed by atoms with van der Waals surface area (Å²) in [6.07, 6.45) is 1.59. The first-order valence-electron chi connectivity index (χ1n) is 4.72. The molecule has 1 heterocycles. The fourth-order valence-electron chi connectivity index (χ4n) is 0.920. The molecule has 1 rings (SSSR count). The first-order chi connectivity index (χ1) is 6.83. The van der Waals surface area contributed by atoms with Gasteiger partial charge in [-0.3, -0.25) is 4.79 Å². The van der Waals surface area contributed by atoms with Gasteiger partial charge in [-0.15, -0.1) is 22.9 Å². The van der Waals surface area contributed by atoms with Crippen LogP contribution in [0.1, 0.15) is 35.5 Å². The van der Waals surface area contributed by atoms with Crippen molar-refractivity contribution in [1.82, 2.24) is 10.3 Å². The standard InChI is InChI=1S/C10H15ClN2OS/c1-6(11)10(3,4)13-9(14)8-5-12-7(2)15-8/h5-6H,1-4H3,(H,13,14). The molecule has 84 valence electrons. The van der Waals surface area contributed by atoms with E-state index < -0.39 is 5.54 Å². The van der Waals surface area contributed by atoms with Gasteiger partial charge in [0.05, 0.1) is 22.1 Å². The zero-order valence-electron chi connectivity index (χ0n) is 9.30. The molecule has 0 aromatic carbocycles. The van der Waals surface area contributed by atoms with E-state index in [0.29, 0.717) is 4.88 Å². The predicted octanol–water partition coefficient (Wildman–Crippen LogP) is 2.59. The highest BCUT2D eigenvalue weighted by molar-refractivity contribution is 7.13. The molecule has 1 atom stereocenters. The van der Waals surface area contributed by atoms with Crippen LogP contribution in [-0.2, 0) is 0 Å². The second-order valence-electron chi connectivity index (χ2n) is 4.04. The third kappa shape index (κ3) is 3.18. The predicted molar refractivity (Wildman–Crippen MR) is 63.7 cm³/mol. The molecule has 15 heavy (non-hydrogen) atoms. The number of aryl methyl sites for hydroxylation is 1. The van der Waals surface area contributed by atoms with Gasteiger partial charge in [0, 0.05) is 0 Å². The Morgan fingerprint density at radius 3 is 2.67 bits per heavy atom. The van der Waals surface area contributed by atoms with Crippen LogP contribution in [0, 0.1) is 6.92 Å². The van der Waals surface area contributed by atoms with Crippen molar-refractivity contribution in [3.63, 3.8) is 0 Å². The number of hydrogen-bond acceptors (Lipinski definition) is 3. The van der Waals surface area contributed by atoms with Gasteiger partial charge >= 0.3 is 0 Å². The molecule has 0 saturated heterocycles. The van der Waals surface area contributed by atoms with Gasteiger partial charge in [0.25, 0.3) is 5.91 Å². The summed E-state index contributed by atoms with van der Waals surface area (Å²) in [6.45, 7) is 7.53. The summed E-state index contributed by atoms with van der Waals surface area (Å²) >= 11 is 7.36. The third-order valence-electron chi connectivity index (χ3n) is 2.28. The molecule has 0 aliphatic rings. The van der Waals surface area contributed by atoms with Crippen molar-refractivity contribution >= 4 is 28.8 Å². The van der Waals surface area contributed by atoms with Gasteiger partial charge in [-0.1, -0.05) is 0 Å². The third-order valence-corrected chi connectivity index (χ3v) is 3.73. The number of halogens is 1. The first kappa shape index (κ1) is 12.5. The SMILES string of the molecule is Cc1ncc(C(=O)NC(C)(C)C(C)Cl)s1. The van der Waals surface area contributed by atoms with Crippen LogP contribution >= 0.6 is 22.9 Å². The van der Waals surface area contributed by atoms with Gasteiger partial charge in [-0.25, -0.2) is 4.98 Å². The number of carbonyl (C=O) groups is 1. The lowest BCUT2D eigenvalue weighted by molar-refractivity contribution is 0.0916. The fraction of sp³-hybridized carbons (Fsp3) is 0.600. The Kier molecular flexibility index (Phi) is 3.73. The van der Waals surface area contributed by atoms with E-state index in [4.69, 9.17) is 11.6 Å². The van der Waals surface area contributed by atoms with Crippen LogP contribution in [0.2, 0.25) is 0 Å². The molecule has 0 radical (unpaired) electrons. The number of carbonyl (C=O) groups excluding carboxylic acids is 1. The summed E-state index contributed by atoms with van der Waals surface area (Å²) in [5.74, 6) is -0.113. The number of nitrogens with zero attached hydrogens (tertiary/aromatic N) is 1. The van der Waals surface area contributed by atoms with Crippen LogP contribution in [0.15, 0.2) is 6.20 Å². The quantitative estimate of drug-likeness (QED) is 0.833. The van der Waals surface area contributed by atoms with Crippen molar-refractivity contribution < 1.29 is 4.79 Å². The first-order valence-corrected chi connectivity index (χ1v) is 5.97. The number of alkyl halides is 1. The van der Waals surface area contributed by atoms with Crippen LogP contribution in [0.25, 0.3) is 0 Å². The number of aromatic nitrogens is 1. The molecule has 0 saturated carbocycles. The number of amides is 1. The van der Waals surface area contributed by atoms with Crippen molar-refractivity contribution in [1.29, 1.82) is 0 Å². The summed E-state index contributed by atoms with van der Waals surface area (Å²) in [4.78, 5) is 16.4. The number of rotatable bonds is 3. The van der Waals surface area contributed by atoms with Crippen LogP contribution in [-0.4, -0.2) is 21.8 Å². The zero-order chi connectivity index (χ0) is 11.6. The highest BCUT2D eigenvalue weighted by Gasteiger charge is 2.27. The highest BCUT2D eigenvalue weighted by Crippen LogP contribution is 2.17. The van der Waals surface area contributed by atoms with E-state index in [1.54, 1.807) is 6.20 Å². The molecule has 0 fully saturated rings. The lowest BCUT2D eigenvalue weighted by Crippen LogP contribution is -2.48. The van der Waals surface area contributed by atoms with Crippen LogP contribution < -0.4 is 5.32 Å². The molecule has 0 bridgehead atoms. The second kappa shape index (κ2) is 4.49. The second-order valence-corrected chi connectivity index (χ2v) is 5.92. The van der Waals surface area contributed by atoms with Gasteiger partial charge in [-0.2, -0.15) is 0 Å². The maximum atomic E-state index is 11.8. The fourth-order valence-corrected chi connectivity index (χ4v) is 1.65. The van der Waals surface area contributed by atoms with Crippen molar-refractivity contribution in [3.05, 3.63) is 16.1 Å². The smallest absolute Gasteiger partial charge is 0.263 e. The van der Waals surface area contributed by atoms with Gasteiger partial charge in [0.1, 0.15) is 4.88 Å². The van der Waals surface area contributed by atoms with E-state index >= 15 is 0 Å². The van der Waals surface area contributed by atoms with E-state index in [9.17, 15) is 4.79 Å². The van der Waals surface area contributed by atoms with Crippen LogP contribution in [0.5, 0.6) is 0 Å². The summed E-state index contributed by atoms with van der Waals surface area (Å²) in [6, 6.07) is 0. The van der Waals surface area contributed by atoms with Crippen molar-refractivity contribution in [3.8, 4) is 0 Å². The lowest BCUT2D eigenvalue weighted by Gasteiger charge is -2.28. The van der Waals surface area contributed by atoms with E-state index in [1.165, 1.54) is 11.3 Å². The number of thiazole rings is 1. The molecular weight excluding hydrogens is 232 g/mol. The van der Waals surface area contributed by atoms with E-state index in [1.807, 2.05) is 27.7 Å². The lowest BCUT2D eigenvalue weighted by atomic mass is 10.0. The Morgan fingerprint density at radius 1 is 1.67 bits per heavy atom. The Hall–Kier alpha value is -0.610. The van der Waals surface area contributed by atoms with Gasteiger partial charge in [0.15, 0.2) is 0 Å². The summed E-state index contributed by atoms with van der Waals surface area (Å²) in [5.41, 5.74) is -0.420. The van der Waals surface area contributed by atoms with E-state index in [0.717, 1.165) is 5.01 Å². The summed E-state index contributed by atoms with van der Waals surface area (Å²) in [5, 5.41) is 3.64. The van der Waals surface area contributed by atoms with Crippen molar-refractivity contribution in [2.75, 3.05) is 0 Å². The van der Waals surface area contributed by atoms with Gasteiger partial charge < -0.3 is 5.32 Å². The van der Waals surface area contributed by atoms with E-state index in [-0.39, 0.29) is 11.3 Å². The topological polar surface area (TPSA) is 42.0 Å². The average molecular weight is 247 g/mol. The molecule has 0 aliphatic carbocycles. The maximum Gasteiger partial charge on any atom is 0.263 e. The van der Waals surface area contributed by atoms with Gasteiger partial charge in [-0.05, 0) is 27.7 Å². The molecule has 1 aromatic heterocycles. The number of nitrogens with one attached hydrogen (secondary N) is 1. The zero-order valence-corrected chi connectivity index (χ0v) is 10.9. The molecular formula is C10H15ClN2OS. The Balaban J connectivity index is 2.72. The molecule has 0 spiro atoms. The Labute approximate surface area is 98.9 Å². The molecule has 5 heteroatoms. The molecule has 3 nitrogen and oxygen atoms in total.